The van der Waals surface area contributed by atoms with E-state index in [1.54, 1.807) is 12.4 Å². The van der Waals surface area contributed by atoms with Gasteiger partial charge in [0.25, 0.3) is 0 Å². The number of pyridine rings is 1. The Morgan fingerprint density at radius 1 is 1.39 bits per heavy atom. The number of likely N-dealkylation sites (tertiary alicyclic amines) is 1. The third-order valence-corrected chi connectivity index (χ3v) is 3.90. The molecule has 1 fully saturated rings. The second-order valence-corrected chi connectivity index (χ2v) is 5.67. The van der Waals surface area contributed by atoms with Crippen molar-refractivity contribution < 1.29 is 4.79 Å². The highest BCUT2D eigenvalue weighted by Crippen LogP contribution is 2.34. The van der Waals surface area contributed by atoms with E-state index in [4.69, 9.17) is 5.73 Å². The van der Waals surface area contributed by atoms with Crippen LogP contribution in [0.3, 0.4) is 0 Å². The predicted octanol–water partition coefficient (Wildman–Crippen LogP) is 1.55. The Balaban J connectivity index is 1.87. The summed E-state index contributed by atoms with van der Waals surface area (Å²) in [5.41, 5.74) is 7.10. The minimum absolute atomic E-state index is 0.0449. The molecule has 120 valence electrons. The van der Waals surface area contributed by atoms with Crippen molar-refractivity contribution in [2.75, 3.05) is 18.4 Å². The summed E-state index contributed by atoms with van der Waals surface area (Å²) < 4.78 is 0. The fourth-order valence-electron chi connectivity index (χ4n) is 2.95. The van der Waals surface area contributed by atoms with Gasteiger partial charge in [-0.15, -0.1) is 0 Å². The van der Waals surface area contributed by atoms with E-state index in [1.165, 1.54) is 0 Å². The lowest BCUT2D eigenvalue weighted by Crippen LogP contribution is -2.34. The highest BCUT2D eigenvalue weighted by atomic mass is 16.1. The fourth-order valence-corrected chi connectivity index (χ4v) is 2.95. The Kier molecular flexibility index (Phi) is 4.47. The average Bonchev–Trinajstić information content (AvgIpc) is 2.95. The van der Waals surface area contributed by atoms with Crippen LogP contribution < -0.4 is 11.1 Å². The SMILES string of the molecule is Cc1cccc(Nc2nccnc2[C@H]2CCCN2CC(N)=O)n1. The van der Waals surface area contributed by atoms with Crippen molar-refractivity contribution in [3.8, 4) is 0 Å². The Labute approximate surface area is 135 Å². The lowest BCUT2D eigenvalue weighted by Gasteiger charge is -2.23. The summed E-state index contributed by atoms with van der Waals surface area (Å²) in [6.07, 6.45) is 5.26. The lowest BCUT2D eigenvalue weighted by molar-refractivity contribution is -0.119. The Bertz CT molecular complexity index is 704. The van der Waals surface area contributed by atoms with Crippen molar-refractivity contribution >= 4 is 17.5 Å². The second-order valence-electron chi connectivity index (χ2n) is 5.67. The summed E-state index contributed by atoms with van der Waals surface area (Å²) in [7, 11) is 0. The molecule has 7 nitrogen and oxygen atoms in total. The van der Waals surface area contributed by atoms with Gasteiger partial charge in [-0.1, -0.05) is 6.07 Å². The summed E-state index contributed by atoms with van der Waals surface area (Å²) in [5, 5.41) is 3.24. The number of aromatic nitrogens is 3. The van der Waals surface area contributed by atoms with Gasteiger partial charge in [-0.3, -0.25) is 14.7 Å². The first-order valence-corrected chi connectivity index (χ1v) is 7.67. The quantitative estimate of drug-likeness (QED) is 0.869. The maximum Gasteiger partial charge on any atom is 0.231 e. The molecule has 0 saturated carbocycles. The number of hydrogen-bond acceptors (Lipinski definition) is 6. The number of nitrogens with one attached hydrogen (secondary N) is 1. The Hall–Kier alpha value is -2.54. The summed E-state index contributed by atoms with van der Waals surface area (Å²) >= 11 is 0. The molecule has 3 heterocycles. The highest BCUT2D eigenvalue weighted by Gasteiger charge is 2.30. The third-order valence-electron chi connectivity index (χ3n) is 3.90. The topological polar surface area (TPSA) is 97.0 Å². The lowest BCUT2D eigenvalue weighted by atomic mass is 10.1. The molecule has 23 heavy (non-hydrogen) atoms. The van der Waals surface area contributed by atoms with Gasteiger partial charge in [0, 0.05) is 18.1 Å². The van der Waals surface area contributed by atoms with Crippen LogP contribution in [0.15, 0.2) is 30.6 Å². The molecule has 0 aromatic carbocycles. The number of nitrogens with two attached hydrogens (primary N) is 1. The molecular formula is C16H20N6O. The smallest absolute Gasteiger partial charge is 0.231 e. The van der Waals surface area contributed by atoms with Crippen LogP contribution in [0.1, 0.15) is 30.3 Å². The van der Waals surface area contributed by atoms with E-state index >= 15 is 0 Å². The second kappa shape index (κ2) is 6.70. The summed E-state index contributed by atoms with van der Waals surface area (Å²) in [5.74, 6) is 1.08. The van der Waals surface area contributed by atoms with Crippen LogP contribution in [0.5, 0.6) is 0 Å². The first kappa shape index (κ1) is 15.4. The molecule has 3 N–H and O–H groups in total. The molecule has 7 heteroatoms. The molecule has 1 amide bonds. The van der Waals surface area contributed by atoms with Crippen LogP contribution in [0, 0.1) is 6.92 Å². The van der Waals surface area contributed by atoms with Crippen molar-refractivity contribution in [1.82, 2.24) is 19.9 Å². The first-order valence-electron chi connectivity index (χ1n) is 7.67. The largest absolute Gasteiger partial charge is 0.369 e. The number of anilines is 2. The maximum atomic E-state index is 11.3. The molecule has 1 aliphatic rings. The van der Waals surface area contributed by atoms with Gasteiger partial charge in [-0.05, 0) is 38.4 Å². The minimum Gasteiger partial charge on any atom is -0.369 e. The van der Waals surface area contributed by atoms with Gasteiger partial charge in [0.1, 0.15) is 11.5 Å². The zero-order chi connectivity index (χ0) is 16.2. The molecule has 0 radical (unpaired) electrons. The number of rotatable bonds is 5. The van der Waals surface area contributed by atoms with E-state index in [2.05, 4.69) is 25.2 Å². The van der Waals surface area contributed by atoms with Crippen LogP contribution in [0.2, 0.25) is 0 Å². The van der Waals surface area contributed by atoms with Gasteiger partial charge in [-0.25, -0.2) is 9.97 Å². The molecule has 0 spiro atoms. The number of carbonyl (C=O) groups is 1. The van der Waals surface area contributed by atoms with Crippen LogP contribution in [0.4, 0.5) is 11.6 Å². The highest BCUT2D eigenvalue weighted by molar-refractivity contribution is 5.76. The molecular weight excluding hydrogens is 292 g/mol. The molecule has 1 atom stereocenters. The zero-order valence-electron chi connectivity index (χ0n) is 13.1. The van der Waals surface area contributed by atoms with E-state index in [0.29, 0.717) is 5.82 Å². The van der Waals surface area contributed by atoms with E-state index in [1.807, 2.05) is 25.1 Å². The van der Waals surface area contributed by atoms with Crippen LogP contribution in [0.25, 0.3) is 0 Å². The first-order chi connectivity index (χ1) is 11.1. The fraction of sp³-hybridized carbons (Fsp3) is 0.375. The van der Waals surface area contributed by atoms with Crippen molar-refractivity contribution in [3.63, 3.8) is 0 Å². The van der Waals surface area contributed by atoms with Crippen LogP contribution in [-0.4, -0.2) is 38.8 Å². The third kappa shape index (κ3) is 3.62. The van der Waals surface area contributed by atoms with Crippen molar-refractivity contribution in [3.05, 3.63) is 42.0 Å². The number of nitrogens with zero attached hydrogens (tertiary/aromatic N) is 4. The van der Waals surface area contributed by atoms with E-state index < -0.39 is 0 Å². The van der Waals surface area contributed by atoms with Crippen LogP contribution >= 0.6 is 0 Å². The van der Waals surface area contributed by atoms with Crippen molar-refractivity contribution in [2.45, 2.75) is 25.8 Å². The zero-order valence-corrected chi connectivity index (χ0v) is 13.1. The summed E-state index contributed by atoms with van der Waals surface area (Å²) in [4.78, 5) is 26.7. The number of hydrogen-bond donors (Lipinski definition) is 2. The monoisotopic (exact) mass is 312 g/mol. The Morgan fingerprint density at radius 2 is 2.22 bits per heavy atom. The number of carbonyl (C=O) groups excluding carboxylic acids is 1. The van der Waals surface area contributed by atoms with Gasteiger partial charge in [-0.2, -0.15) is 0 Å². The molecule has 2 aromatic rings. The molecule has 0 unspecified atom stereocenters. The van der Waals surface area contributed by atoms with Gasteiger partial charge >= 0.3 is 0 Å². The van der Waals surface area contributed by atoms with E-state index in [9.17, 15) is 4.79 Å². The standard InChI is InChI=1S/C16H20N6O/c1-11-4-2-6-14(20-11)21-16-15(18-7-8-19-16)12-5-3-9-22(12)10-13(17)23/h2,4,6-8,12H,3,5,9-10H2,1H3,(H2,17,23)(H,19,20,21)/t12-/m1/s1. The van der Waals surface area contributed by atoms with Crippen molar-refractivity contribution in [1.29, 1.82) is 0 Å². The predicted molar refractivity (Wildman–Crippen MR) is 87.0 cm³/mol. The molecule has 0 bridgehead atoms. The molecule has 2 aromatic heterocycles. The van der Waals surface area contributed by atoms with Gasteiger partial charge in [0.2, 0.25) is 5.91 Å². The number of amides is 1. The minimum atomic E-state index is -0.323. The van der Waals surface area contributed by atoms with E-state index in [0.717, 1.165) is 36.6 Å². The van der Waals surface area contributed by atoms with Gasteiger partial charge in [0.05, 0.1) is 12.6 Å². The van der Waals surface area contributed by atoms with E-state index in [-0.39, 0.29) is 18.5 Å². The van der Waals surface area contributed by atoms with Gasteiger partial charge < -0.3 is 11.1 Å². The molecule has 1 aliphatic heterocycles. The number of aryl methyl sites for hydroxylation is 1. The molecule has 3 rings (SSSR count). The maximum absolute atomic E-state index is 11.3. The Morgan fingerprint density at radius 3 is 3.00 bits per heavy atom. The molecule has 0 aliphatic carbocycles. The van der Waals surface area contributed by atoms with Crippen LogP contribution in [-0.2, 0) is 4.79 Å². The van der Waals surface area contributed by atoms with Gasteiger partial charge in [0.15, 0.2) is 5.82 Å². The number of primary amides is 1. The molecule has 1 saturated heterocycles. The summed E-state index contributed by atoms with van der Waals surface area (Å²) in [6.45, 7) is 3.02. The van der Waals surface area contributed by atoms with Crippen molar-refractivity contribution in [2.24, 2.45) is 5.73 Å². The summed E-state index contributed by atoms with van der Waals surface area (Å²) in [6, 6.07) is 5.81. The normalized spacial score (nSPS) is 18.0. The average molecular weight is 312 g/mol.